The van der Waals surface area contributed by atoms with Gasteiger partial charge in [-0.3, -0.25) is 9.59 Å². The van der Waals surface area contributed by atoms with Crippen LogP contribution in [0.25, 0.3) is 0 Å². The van der Waals surface area contributed by atoms with Gasteiger partial charge in [-0.25, -0.2) is 0 Å². The van der Waals surface area contributed by atoms with Crippen molar-refractivity contribution in [2.24, 2.45) is 0 Å². The number of amides is 2. The second-order valence-electron chi connectivity index (χ2n) is 4.47. The number of rotatable bonds is 8. The summed E-state index contributed by atoms with van der Waals surface area (Å²) in [6.07, 6.45) is 0.406. The van der Waals surface area contributed by atoms with E-state index in [0.29, 0.717) is 31.0 Å². The van der Waals surface area contributed by atoms with Crippen LogP contribution in [0.3, 0.4) is 0 Å². The Kier molecular flexibility index (Phi) is 7.42. The Hall–Kier alpha value is -1.92. The SMILES string of the molecule is CCC(=O)Nc1cccc(NC(=O)COCCOC)c1C. The molecule has 0 spiro atoms. The maximum Gasteiger partial charge on any atom is 0.250 e. The second-order valence-corrected chi connectivity index (χ2v) is 4.47. The minimum absolute atomic E-state index is 0.0334. The first-order chi connectivity index (χ1) is 10.1. The van der Waals surface area contributed by atoms with Crippen molar-refractivity contribution in [1.82, 2.24) is 0 Å². The molecular formula is C15H22N2O4. The Morgan fingerprint density at radius 2 is 1.71 bits per heavy atom. The van der Waals surface area contributed by atoms with Crippen molar-refractivity contribution >= 4 is 23.2 Å². The summed E-state index contributed by atoms with van der Waals surface area (Å²) in [5.74, 6) is -0.308. The molecule has 6 nitrogen and oxygen atoms in total. The topological polar surface area (TPSA) is 76.7 Å². The number of benzene rings is 1. The van der Waals surface area contributed by atoms with Crippen molar-refractivity contribution in [3.05, 3.63) is 23.8 Å². The van der Waals surface area contributed by atoms with E-state index in [0.717, 1.165) is 5.56 Å². The minimum Gasteiger partial charge on any atom is -0.382 e. The molecule has 0 aliphatic carbocycles. The zero-order valence-corrected chi connectivity index (χ0v) is 12.7. The summed E-state index contributed by atoms with van der Waals surface area (Å²) in [7, 11) is 1.57. The third-order valence-corrected chi connectivity index (χ3v) is 2.87. The van der Waals surface area contributed by atoms with Gasteiger partial charge in [-0.15, -0.1) is 0 Å². The number of hydrogen-bond donors (Lipinski definition) is 2. The average molecular weight is 294 g/mol. The van der Waals surface area contributed by atoms with Crippen LogP contribution in [0.5, 0.6) is 0 Å². The van der Waals surface area contributed by atoms with Gasteiger partial charge in [0, 0.05) is 24.9 Å². The van der Waals surface area contributed by atoms with Gasteiger partial charge in [0.25, 0.3) is 0 Å². The summed E-state index contributed by atoms with van der Waals surface area (Å²) in [5.41, 5.74) is 2.16. The number of ether oxygens (including phenoxy) is 2. The first-order valence-electron chi connectivity index (χ1n) is 6.84. The lowest BCUT2D eigenvalue weighted by molar-refractivity contribution is -0.121. The number of nitrogens with one attached hydrogen (secondary N) is 2. The van der Waals surface area contributed by atoms with Gasteiger partial charge in [-0.2, -0.15) is 0 Å². The third-order valence-electron chi connectivity index (χ3n) is 2.87. The Morgan fingerprint density at radius 3 is 2.29 bits per heavy atom. The third kappa shape index (κ3) is 5.93. The first kappa shape index (κ1) is 17.1. The molecule has 0 aliphatic rings. The van der Waals surface area contributed by atoms with Gasteiger partial charge in [0.15, 0.2) is 0 Å². The van der Waals surface area contributed by atoms with Gasteiger partial charge in [-0.1, -0.05) is 13.0 Å². The number of carbonyl (C=O) groups is 2. The largest absolute Gasteiger partial charge is 0.382 e. The normalized spacial score (nSPS) is 10.2. The van der Waals surface area contributed by atoms with Crippen LogP contribution < -0.4 is 10.6 Å². The van der Waals surface area contributed by atoms with Crippen LogP contribution in [-0.2, 0) is 19.1 Å². The Bertz CT molecular complexity index is 489. The molecule has 21 heavy (non-hydrogen) atoms. The Morgan fingerprint density at radius 1 is 1.10 bits per heavy atom. The predicted octanol–water partition coefficient (Wildman–Crippen LogP) is 1.95. The highest BCUT2D eigenvalue weighted by Crippen LogP contribution is 2.23. The molecule has 116 valence electrons. The van der Waals surface area contributed by atoms with Crippen LogP contribution >= 0.6 is 0 Å². The maximum atomic E-state index is 11.8. The fourth-order valence-electron chi connectivity index (χ4n) is 1.64. The molecule has 0 heterocycles. The standard InChI is InChI=1S/C15H22N2O4/c1-4-14(18)16-12-6-5-7-13(11(12)2)17-15(19)10-21-9-8-20-3/h5-7H,4,8-10H2,1-3H3,(H,16,18)(H,17,19). The van der Waals surface area contributed by atoms with Gasteiger partial charge in [0.1, 0.15) is 6.61 Å². The summed E-state index contributed by atoms with van der Waals surface area (Å²) < 4.78 is 9.98. The van der Waals surface area contributed by atoms with Gasteiger partial charge < -0.3 is 20.1 Å². The van der Waals surface area contributed by atoms with E-state index in [1.807, 2.05) is 6.92 Å². The van der Waals surface area contributed by atoms with Crippen molar-refractivity contribution in [3.8, 4) is 0 Å². The molecule has 0 saturated heterocycles. The molecule has 1 rings (SSSR count). The lowest BCUT2D eigenvalue weighted by Gasteiger charge is -2.13. The van der Waals surface area contributed by atoms with E-state index in [9.17, 15) is 9.59 Å². The van der Waals surface area contributed by atoms with E-state index >= 15 is 0 Å². The minimum atomic E-state index is -0.242. The quantitative estimate of drug-likeness (QED) is 0.718. The maximum absolute atomic E-state index is 11.8. The highest BCUT2D eigenvalue weighted by Gasteiger charge is 2.09. The molecule has 0 unspecified atom stereocenters. The number of hydrogen-bond acceptors (Lipinski definition) is 4. The molecule has 0 aliphatic heterocycles. The summed E-state index contributed by atoms with van der Waals surface area (Å²) in [4.78, 5) is 23.2. The van der Waals surface area contributed by atoms with Crippen LogP contribution in [-0.4, -0.2) is 38.7 Å². The van der Waals surface area contributed by atoms with Crippen LogP contribution in [0, 0.1) is 6.92 Å². The van der Waals surface area contributed by atoms with Crippen LogP contribution in [0.2, 0.25) is 0 Å². The van der Waals surface area contributed by atoms with Crippen molar-refractivity contribution in [2.45, 2.75) is 20.3 Å². The monoisotopic (exact) mass is 294 g/mol. The van der Waals surface area contributed by atoms with E-state index in [1.54, 1.807) is 32.2 Å². The second kappa shape index (κ2) is 9.10. The van der Waals surface area contributed by atoms with Crippen LogP contribution in [0.4, 0.5) is 11.4 Å². The highest BCUT2D eigenvalue weighted by atomic mass is 16.5. The highest BCUT2D eigenvalue weighted by molar-refractivity contribution is 5.96. The van der Waals surface area contributed by atoms with Crippen molar-refractivity contribution in [3.63, 3.8) is 0 Å². The zero-order chi connectivity index (χ0) is 15.7. The zero-order valence-electron chi connectivity index (χ0n) is 12.7. The van der Waals surface area contributed by atoms with Crippen molar-refractivity contribution < 1.29 is 19.1 Å². The average Bonchev–Trinajstić information content (AvgIpc) is 2.47. The molecule has 2 amide bonds. The molecule has 0 bridgehead atoms. The smallest absolute Gasteiger partial charge is 0.250 e. The van der Waals surface area contributed by atoms with E-state index in [1.165, 1.54) is 0 Å². The van der Waals surface area contributed by atoms with Crippen molar-refractivity contribution in [2.75, 3.05) is 37.6 Å². The van der Waals surface area contributed by atoms with E-state index in [-0.39, 0.29) is 18.4 Å². The van der Waals surface area contributed by atoms with Gasteiger partial charge in [0.2, 0.25) is 11.8 Å². The fourth-order valence-corrected chi connectivity index (χ4v) is 1.64. The van der Waals surface area contributed by atoms with Crippen LogP contribution in [0.1, 0.15) is 18.9 Å². The van der Waals surface area contributed by atoms with Gasteiger partial charge in [0.05, 0.1) is 13.2 Å². The molecule has 0 fully saturated rings. The fraction of sp³-hybridized carbons (Fsp3) is 0.467. The first-order valence-corrected chi connectivity index (χ1v) is 6.84. The summed E-state index contributed by atoms with van der Waals surface area (Å²) >= 11 is 0. The summed E-state index contributed by atoms with van der Waals surface area (Å²) in [5, 5.41) is 5.56. The molecular weight excluding hydrogens is 272 g/mol. The van der Waals surface area contributed by atoms with Crippen LogP contribution in [0.15, 0.2) is 18.2 Å². The van der Waals surface area contributed by atoms with Gasteiger partial charge in [-0.05, 0) is 24.6 Å². The molecule has 0 radical (unpaired) electrons. The number of methoxy groups -OCH3 is 1. The Labute approximate surface area is 124 Å². The van der Waals surface area contributed by atoms with E-state index < -0.39 is 0 Å². The lowest BCUT2D eigenvalue weighted by Crippen LogP contribution is -2.20. The molecule has 1 aromatic rings. The molecule has 0 saturated carbocycles. The molecule has 1 aromatic carbocycles. The lowest BCUT2D eigenvalue weighted by atomic mass is 10.1. The van der Waals surface area contributed by atoms with Gasteiger partial charge >= 0.3 is 0 Å². The number of anilines is 2. The molecule has 2 N–H and O–H groups in total. The van der Waals surface area contributed by atoms with Crippen molar-refractivity contribution in [1.29, 1.82) is 0 Å². The molecule has 0 atom stereocenters. The molecule has 0 aromatic heterocycles. The molecule has 6 heteroatoms. The summed E-state index contributed by atoms with van der Waals surface area (Å²) in [6.45, 7) is 4.41. The van der Waals surface area contributed by atoms with E-state index in [2.05, 4.69) is 10.6 Å². The van der Waals surface area contributed by atoms with E-state index in [4.69, 9.17) is 9.47 Å². The Balaban J connectivity index is 2.60. The number of carbonyl (C=O) groups excluding carboxylic acids is 2. The predicted molar refractivity (Wildman–Crippen MR) is 81.4 cm³/mol. The summed E-state index contributed by atoms with van der Waals surface area (Å²) in [6, 6.07) is 5.36.